The van der Waals surface area contributed by atoms with Gasteiger partial charge in [-0.3, -0.25) is 4.79 Å². The van der Waals surface area contributed by atoms with Gasteiger partial charge >= 0.3 is 5.97 Å². The fourth-order valence-corrected chi connectivity index (χ4v) is 3.88. The maximum atomic E-state index is 11.1. The summed E-state index contributed by atoms with van der Waals surface area (Å²) in [4.78, 5) is 11.1. The van der Waals surface area contributed by atoms with E-state index in [-0.39, 0.29) is 18.0 Å². The van der Waals surface area contributed by atoms with Gasteiger partial charge in [0.2, 0.25) is 0 Å². The van der Waals surface area contributed by atoms with Crippen LogP contribution in [0.3, 0.4) is 0 Å². The number of esters is 1. The molecule has 1 N–H and O–H groups in total. The second-order valence-corrected chi connectivity index (χ2v) is 8.02. The van der Waals surface area contributed by atoms with Crippen molar-refractivity contribution in [3.63, 3.8) is 0 Å². The fourth-order valence-electron chi connectivity index (χ4n) is 3.88. The molecule has 0 bridgehead atoms. The van der Waals surface area contributed by atoms with E-state index in [0.717, 1.165) is 44.9 Å². The number of benzene rings is 1. The molecule has 1 aromatic rings. The summed E-state index contributed by atoms with van der Waals surface area (Å²) in [7, 11) is 1.44. The van der Waals surface area contributed by atoms with E-state index in [4.69, 9.17) is 0 Å². The third-order valence-electron chi connectivity index (χ3n) is 5.67. The lowest BCUT2D eigenvalue weighted by atomic mass is 9.86. The van der Waals surface area contributed by atoms with Crippen LogP contribution in [-0.2, 0) is 9.53 Å². The summed E-state index contributed by atoms with van der Waals surface area (Å²) in [5.74, 6) is 0.141. The maximum absolute atomic E-state index is 11.1. The second kappa shape index (κ2) is 16.6. The third kappa shape index (κ3) is 11.5. The number of ether oxygens (including phenoxy) is 1. The Morgan fingerprint density at radius 2 is 1.43 bits per heavy atom. The Morgan fingerprint density at radius 1 is 0.857 bits per heavy atom. The zero-order valence-electron chi connectivity index (χ0n) is 18.2. The van der Waals surface area contributed by atoms with E-state index in [2.05, 4.69) is 35.9 Å². The van der Waals surface area contributed by atoms with Crippen molar-refractivity contribution in [3.05, 3.63) is 35.9 Å². The molecule has 0 saturated heterocycles. The lowest BCUT2D eigenvalue weighted by molar-refractivity contribution is -0.140. The Hall–Kier alpha value is -1.35. The standard InChI is InChI=1S/C25H42O3/c1-3-4-5-6-8-14-19-23(22-17-12-11-13-18-22)24(26)20-15-9-7-10-16-21-25(27)28-2/h11-13,17-18,23-24,26H,3-10,14-16,19-21H2,1-2H3. The lowest BCUT2D eigenvalue weighted by Crippen LogP contribution is -2.18. The quantitative estimate of drug-likeness (QED) is 0.235. The van der Waals surface area contributed by atoms with Gasteiger partial charge in [0.1, 0.15) is 0 Å². The van der Waals surface area contributed by atoms with Crippen LogP contribution in [0.25, 0.3) is 0 Å². The van der Waals surface area contributed by atoms with E-state index < -0.39 is 0 Å². The number of carbonyl (C=O) groups excluding carboxylic acids is 1. The van der Waals surface area contributed by atoms with Crippen molar-refractivity contribution in [1.82, 2.24) is 0 Å². The Morgan fingerprint density at radius 3 is 2.07 bits per heavy atom. The molecule has 1 aromatic carbocycles. The van der Waals surface area contributed by atoms with Gasteiger partial charge in [-0.1, -0.05) is 101 Å². The van der Waals surface area contributed by atoms with Crippen LogP contribution in [0.4, 0.5) is 0 Å². The maximum Gasteiger partial charge on any atom is 0.305 e. The summed E-state index contributed by atoms with van der Waals surface area (Å²) >= 11 is 0. The summed E-state index contributed by atoms with van der Waals surface area (Å²) < 4.78 is 4.67. The van der Waals surface area contributed by atoms with Gasteiger partial charge in [0.15, 0.2) is 0 Å². The molecule has 0 radical (unpaired) electrons. The van der Waals surface area contributed by atoms with E-state index in [1.165, 1.54) is 51.2 Å². The first-order valence-corrected chi connectivity index (χ1v) is 11.5. The number of carbonyl (C=O) groups is 1. The number of methoxy groups -OCH3 is 1. The first-order chi connectivity index (χ1) is 13.7. The van der Waals surface area contributed by atoms with Crippen molar-refractivity contribution in [1.29, 1.82) is 0 Å². The number of aliphatic hydroxyl groups is 1. The van der Waals surface area contributed by atoms with Gasteiger partial charge in [-0.15, -0.1) is 0 Å². The molecule has 0 aliphatic heterocycles. The van der Waals surface area contributed by atoms with E-state index in [1.54, 1.807) is 0 Å². The normalized spacial score (nSPS) is 13.2. The van der Waals surface area contributed by atoms with Crippen molar-refractivity contribution < 1.29 is 14.6 Å². The molecule has 0 fully saturated rings. The summed E-state index contributed by atoms with van der Waals surface area (Å²) in [5, 5.41) is 10.8. The average molecular weight is 391 g/mol. The third-order valence-corrected chi connectivity index (χ3v) is 5.67. The van der Waals surface area contributed by atoms with Crippen molar-refractivity contribution in [3.8, 4) is 0 Å². The number of hydrogen-bond acceptors (Lipinski definition) is 3. The minimum Gasteiger partial charge on any atom is -0.469 e. The second-order valence-electron chi connectivity index (χ2n) is 8.02. The molecule has 0 spiro atoms. The largest absolute Gasteiger partial charge is 0.469 e. The Kier molecular flexibility index (Phi) is 14.6. The topological polar surface area (TPSA) is 46.5 Å². The lowest BCUT2D eigenvalue weighted by Gasteiger charge is -2.24. The van der Waals surface area contributed by atoms with Crippen molar-refractivity contribution >= 4 is 5.97 Å². The molecule has 0 saturated carbocycles. The van der Waals surface area contributed by atoms with Crippen LogP contribution in [0.1, 0.15) is 108 Å². The van der Waals surface area contributed by atoms with Crippen LogP contribution in [0.2, 0.25) is 0 Å². The summed E-state index contributed by atoms with van der Waals surface area (Å²) in [6, 6.07) is 10.5. The SMILES string of the molecule is CCCCCCCCC(c1ccccc1)C(O)CCCCCCCC(=O)OC. The highest BCUT2D eigenvalue weighted by Crippen LogP contribution is 2.29. The molecule has 3 nitrogen and oxygen atoms in total. The fraction of sp³-hybridized carbons (Fsp3) is 0.720. The monoisotopic (exact) mass is 390 g/mol. The van der Waals surface area contributed by atoms with Gasteiger partial charge < -0.3 is 9.84 Å². The molecule has 0 aliphatic rings. The highest BCUT2D eigenvalue weighted by atomic mass is 16.5. The predicted molar refractivity (Wildman–Crippen MR) is 118 cm³/mol. The zero-order valence-corrected chi connectivity index (χ0v) is 18.2. The summed E-state index contributed by atoms with van der Waals surface area (Å²) in [6.45, 7) is 2.25. The molecule has 0 heterocycles. The molecule has 28 heavy (non-hydrogen) atoms. The van der Waals surface area contributed by atoms with Crippen LogP contribution >= 0.6 is 0 Å². The number of aliphatic hydroxyl groups excluding tert-OH is 1. The van der Waals surface area contributed by atoms with Gasteiger partial charge in [-0.05, 0) is 24.8 Å². The molecule has 0 amide bonds. The van der Waals surface area contributed by atoms with E-state index >= 15 is 0 Å². The molecule has 3 heteroatoms. The minimum atomic E-state index is -0.256. The van der Waals surface area contributed by atoms with Crippen molar-refractivity contribution in [2.45, 2.75) is 109 Å². The van der Waals surface area contributed by atoms with Gasteiger partial charge in [-0.2, -0.15) is 0 Å². The summed E-state index contributed by atoms with van der Waals surface area (Å²) in [5.41, 5.74) is 1.28. The highest BCUT2D eigenvalue weighted by Gasteiger charge is 2.20. The average Bonchev–Trinajstić information content (AvgIpc) is 2.72. The molecule has 2 unspecified atom stereocenters. The van der Waals surface area contributed by atoms with Crippen LogP contribution in [0.15, 0.2) is 30.3 Å². The zero-order chi connectivity index (χ0) is 20.5. The van der Waals surface area contributed by atoms with Gasteiger partial charge in [0.05, 0.1) is 13.2 Å². The van der Waals surface area contributed by atoms with E-state index in [1.807, 2.05) is 6.07 Å². The molecular formula is C25H42O3. The van der Waals surface area contributed by atoms with Gasteiger partial charge in [-0.25, -0.2) is 0 Å². The van der Waals surface area contributed by atoms with E-state index in [0.29, 0.717) is 6.42 Å². The van der Waals surface area contributed by atoms with Gasteiger partial charge in [0.25, 0.3) is 0 Å². The predicted octanol–water partition coefficient (Wildman–Crippen LogP) is 6.79. The number of hydrogen-bond donors (Lipinski definition) is 1. The molecule has 0 aromatic heterocycles. The van der Waals surface area contributed by atoms with E-state index in [9.17, 15) is 9.90 Å². The van der Waals surface area contributed by atoms with Crippen LogP contribution in [0, 0.1) is 0 Å². The van der Waals surface area contributed by atoms with Gasteiger partial charge in [0, 0.05) is 12.3 Å². The highest BCUT2D eigenvalue weighted by molar-refractivity contribution is 5.68. The molecular weight excluding hydrogens is 348 g/mol. The number of unbranched alkanes of at least 4 members (excludes halogenated alkanes) is 9. The summed E-state index contributed by atoms with van der Waals surface area (Å²) in [6.07, 6.45) is 15.2. The Bertz CT molecular complexity index is 486. The van der Waals surface area contributed by atoms with Crippen molar-refractivity contribution in [2.75, 3.05) is 7.11 Å². The molecule has 0 aliphatic carbocycles. The smallest absolute Gasteiger partial charge is 0.305 e. The Balaban J connectivity index is 2.30. The van der Waals surface area contributed by atoms with Crippen LogP contribution in [0.5, 0.6) is 0 Å². The first kappa shape index (κ1) is 24.7. The van der Waals surface area contributed by atoms with Crippen LogP contribution < -0.4 is 0 Å². The Labute approximate surface area is 172 Å². The first-order valence-electron chi connectivity index (χ1n) is 11.5. The number of rotatable bonds is 17. The van der Waals surface area contributed by atoms with Crippen LogP contribution in [-0.4, -0.2) is 24.3 Å². The minimum absolute atomic E-state index is 0.115. The molecule has 160 valence electrons. The van der Waals surface area contributed by atoms with Crippen molar-refractivity contribution in [2.24, 2.45) is 0 Å². The molecule has 1 rings (SSSR count). The molecule has 2 atom stereocenters.